The van der Waals surface area contributed by atoms with Crippen molar-refractivity contribution in [1.82, 2.24) is 10.4 Å². The normalized spacial score (nSPS) is 12.0. The highest BCUT2D eigenvalue weighted by Gasteiger charge is 2.27. The van der Waals surface area contributed by atoms with Crippen LogP contribution < -0.4 is 16.6 Å². The third-order valence-electron chi connectivity index (χ3n) is 3.74. The van der Waals surface area contributed by atoms with Crippen molar-refractivity contribution in [2.75, 3.05) is 12.4 Å². The third kappa shape index (κ3) is 7.06. The van der Waals surface area contributed by atoms with E-state index >= 15 is 0 Å². The van der Waals surface area contributed by atoms with Crippen molar-refractivity contribution in [3.63, 3.8) is 0 Å². The minimum Gasteiger partial charge on any atom is -0.387 e. The molecule has 0 atom stereocenters. The fourth-order valence-corrected chi connectivity index (χ4v) is 3.63. The second kappa shape index (κ2) is 12.3. The molecule has 26 heavy (non-hydrogen) atoms. The van der Waals surface area contributed by atoms with E-state index in [9.17, 15) is 0 Å². The number of benzene rings is 1. The number of pyridine rings is 1. The van der Waals surface area contributed by atoms with Crippen molar-refractivity contribution in [2.24, 2.45) is 5.84 Å². The fourth-order valence-electron chi connectivity index (χ4n) is 2.45. The van der Waals surface area contributed by atoms with E-state index in [1.54, 1.807) is 5.43 Å². The first kappa shape index (κ1) is 22.0. The lowest BCUT2D eigenvalue weighted by Gasteiger charge is -2.13. The minimum absolute atomic E-state index is 0.403. The van der Waals surface area contributed by atoms with Crippen LogP contribution in [0.25, 0.3) is 0 Å². The summed E-state index contributed by atoms with van der Waals surface area (Å²) >= 11 is 1.90. The Balaban J connectivity index is 0.000000500. The number of amides is 1. The zero-order valence-corrected chi connectivity index (χ0v) is 16.9. The van der Waals surface area contributed by atoms with Crippen LogP contribution in [0.15, 0.2) is 41.4 Å². The van der Waals surface area contributed by atoms with E-state index in [4.69, 9.17) is 4.79 Å². The van der Waals surface area contributed by atoms with Gasteiger partial charge in [0.1, 0.15) is 0 Å². The predicted octanol–water partition coefficient (Wildman–Crippen LogP) is 4.23. The summed E-state index contributed by atoms with van der Waals surface area (Å²) in [4.78, 5) is 14.8. The number of aryl methyl sites for hydroxylation is 1. The van der Waals surface area contributed by atoms with Crippen molar-refractivity contribution in [3.05, 3.63) is 53.3 Å². The van der Waals surface area contributed by atoms with Crippen LogP contribution in [0.3, 0.4) is 0 Å². The molecule has 0 saturated heterocycles. The molecule has 1 aromatic carbocycles. The van der Waals surface area contributed by atoms with Gasteiger partial charge in [-0.25, -0.2) is 5.84 Å². The van der Waals surface area contributed by atoms with Gasteiger partial charge >= 0.3 is 0 Å². The maximum absolute atomic E-state index is 8.94. The molecule has 1 fully saturated rings. The molecule has 0 bridgehead atoms. The number of hydrogen-bond acceptors (Lipinski definition) is 5. The number of carbonyl (C=O) groups excluding carboxylic acids is 1. The number of nitrogens with one attached hydrogen (secondary N) is 2. The number of carbonyl (C=O) groups is 1. The van der Waals surface area contributed by atoms with Gasteiger partial charge in [-0.3, -0.25) is 15.2 Å². The number of nitrogens with zero attached hydrogens (tertiary/aromatic N) is 1. The Labute approximate surface area is 161 Å². The van der Waals surface area contributed by atoms with Gasteiger partial charge in [-0.1, -0.05) is 26.0 Å². The summed E-state index contributed by atoms with van der Waals surface area (Å²) in [5.74, 6) is 6.11. The van der Waals surface area contributed by atoms with Gasteiger partial charge in [0.05, 0.1) is 5.69 Å². The predicted molar refractivity (Wildman–Crippen MR) is 111 cm³/mol. The summed E-state index contributed by atoms with van der Waals surface area (Å²) in [6.45, 7) is 6.12. The van der Waals surface area contributed by atoms with Gasteiger partial charge < -0.3 is 5.32 Å². The molecule has 1 aliphatic carbocycles. The van der Waals surface area contributed by atoms with Gasteiger partial charge in [0.15, 0.2) is 0 Å². The van der Waals surface area contributed by atoms with Crippen LogP contribution in [-0.2, 0) is 10.5 Å². The van der Waals surface area contributed by atoms with Crippen LogP contribution in [0.5, 0.6) is 0 Å². The van der Waals surface area contributed by atoms with Gasteiger partial charge in [-0.15, -0.1) is 11.8 Å². The number of hydrogen-bond donors (Lipinski definition) is 3. The second-order valence-electron chi connectivity index (χ2n) is 5.65. The highest BCUT2D eigenvalue weighted by molar-refractivity contribution is 7.98. The minimum atomic E-state index is 0.403. The zero-order chi connectivity index (χ0) is 19.4. The van der Waals surface area contributed by atoms with E-state index in [-0.39, 0.29) is 0 Å². The van der Waals surface area contributed by atoms with Crippen LogP contribution in [0.4, 0.5) is 5.69 Å². The number of hydrazine groups is 1. The largest absolute Gasteiger partial charge is 0.387 e. The molecule has 6 heteroatoms. The summed E-state index contributed by atoms with van der Waals surface area (Å²) in [5.41, 5.74) is 6.93. The third-order valence-corrected chi connectivity index (χ3v) is 4.92. The van der Waals surface area contributed by atoms with Gasteiger partial charge in [-0.05, 0) is 55.0 Å². The first-order chi connectivity index (χ1) is 12.7. The Morgan fingerprint density at radius 1 is 1.31 bits per heavy atom. The number of anilines is 1. The maximum Gasteiger partial charge on any atom is 0.221 e. The monoisotopic (exact) mass is 374 g/mol. The first-order valence-electron chi connectivity index (χ1n) is 8.94. The van der Waals surface area contributed by atoms with Crippen molar-refractivity contribution in [1.29, 1.82) is 0 Å². The van der Waals surface area contributed by atoms with Gasteiger partial charge in [0.2, 0.25) is 6.41 Å². The van der Waals surface area contributed by atoms with Gasteiger partial charge in [0, 0.05) is 29.6 Å². The maximum atomic E-state index is 8.94. The fraction of sp³-hybridized carbons (Fsp3) is 0.400. The molecule has 1 saturated carbocycles. The molecule has 0 aliphatic heterocycles. The molecule has 4 N–H and O–H groups in total. The molecule has 1 aliphatic rings. The van der Waals surface area contributed by atoms with Crippen molar-refractivity contribution < 1.29 is 4.79 Å². The van der Waals surface area contributed by atoms with E-state index in [1.807, 2.05) is 44.9 Å². The molecule has 1 amide bonds. The van der Waals surface area contributed by atoms with Crippen LogP contribution in [0, 0.1) is 6.92 Å². The molecule has 1 aromatic heterocycles. The molecule has 5 nitrogen and oxygen atoms in total. The second-order valence-corrected chi connectivity index (χ2v) is 6.63. The van der Waals surface area contributed by atoms with Crippen LogP contribution in [0.2, 0.25) is 0 Å². The molecule has 0 radical (unpaired) electrons. The Hall–Kier alpha value is -2.05. The highest BCUT2D eigenvalue weighted by atomic mass is 32.2. The van der Waals surface area contributed by atoms with E-state index in [2.05, 4.69) is 47.3 Å². The number of nitrogens with two attached hydrogens (primary N) is 1. The summed E-state index contributed by atoms with van der Waals surface area (Å²) in [7, 11) is 2.00. The van der Waals surface area contributed by atoms with Gasteiger partial charge in [-0.2, -0.15) is 0 Å². The van der Waals surface area contributed by atoms with Crippen LogP contribution in [-0.4, -0.2) is 18.4 Å². The molecule has 3 rings (SSSR count). The molecule has 1 heterocycles. The summed E-state index contributed by atoms with van der Waals surface area (Å²) in [5, 5.41) is 3.33. The average molecular weight is 375 g/mol. The molecular weight excluding hydrogens is 344 g/mol. The lowest BCUT2D eigenvalue weighted by molar-refractivity contribution is -0.109. The summed E-state index contributed by atoms with van der Waals surface area (Å²) < 4.78 is 0. The summed E-state index contributed by atoms with van der Waals surface area (Å²) in [6.07, 6.45) is 4.98. The SMILES string of the molecule is CC.CNc1cccc(C2CC2)c1SCc1cc(C)ccn1.NNC=O. The van der Waals surface area contributed by atoms with Gasteiger partial charge in [0.25, 0.3) is 0 Å². The average Bonchev–Trinajstić information content (AvgIpc) is 3.53. The quantitative estimate of drug-likeness (QED) is 0.232. The molecule has 2 aromatic rings. The number of rotatable bonds is 6. The van der Waals surface area contributed by atoms with Crippen LogP contribution >= 0.6 is 11.8 Å². The van der Waals surface area contributed by atoms with E-state index in [1.165, 1.54) is 34.6 Å². The summed E-state index contributed by atoms with van der Waals surface area (Å²) in [6, 6.07) is 10.8. The standard InChI is InChI=1S/C17H20N2S.C2H6.CH4N2O/c1-12-8-9-19-14(10-12)11-20-17-15(13-6-7-13)4-3-5-16(17)18-2;1-2;2-3-1-4/h3-5,8-10,13,18H,6-7,11H2,1-2H3;1-2H3;1H,2H2,(H,3,4). The lowest BCUT2D eigenvalue weighted by Crippen LogP contribution is -2.18. The Kier molecular flexibility index (Phi) is 10.4. The van der Waals surface area contributed by atoms with E-state index < -0.39 is 0 Å². The van der Waals surface area contributed by atoms with Crippen molar-refractivity contribution >= 4 is 23.9 Å². The Bertz CT molecular complexity index is 675. The van der Waals surface area contributed by atoms with E-state index in [0.717, 1.165) is 17.4 Å². The topological polar surface area (TPSA) is 80.0 Å². The molecule has 0 spiro atoms. The Morgan fingerprint density at radius 2 is 2.00 bits per heavy atom. The Morgan fingerprint density at radius 3 is 2.54 bits per heavy atom. The molecular formula is C20H30N4OS. The molecule has 142 valence electrons. The highest BCUT2D eigenvalue weighted by Crippen LogP contribution is 2.46. The zero-order valence-electron chi connectivity index (χ0n) is 16.1. The van der Waals surface area contributed by atoms with E-state index in [0.29, 0.717) is 6.41 Å². The van der Waals surface area contributed by atoms with Crippen LogP contribution in [0.1, 0.15) is 49.4 Å². The van der Waals surface area contributed by atoms with Crippen molar-refractivity contribution in [2.45, 2.75) is 50.2 Å². The number of aromatic nitrogens is 1. The molecule has 0 unspecified atom stereocenters. The lowest BCUT2D eigenvalue weighted by atomic mass is 10.1. The number of thioether (sulfide) groups is 1. The smallest absolute Gasteiger partial charge is 0.221 e. The first-order valence-corrected chi connectivity index (χ1v) is 9.93. The van der Waals surface area contributed by atoms with Crippen molar-refractivity contribution in [3.8, 4) is 0 Å².